The Labute approximate surface area is 350 Å². The van der Waals surface area contributed by atoms with Crippen LogP contribution in [0, 0.1) is 6.92 Å². The number of hydrogen-bond donors (Lipinski definition) is 1. The molecule has 10 nitrogen and oxygen atoms in total. The van der Waals surface area contributed by atoms with Crippen molar-refractivity contribution < 1.29 is 23.5 Å². The molecule has 2 saturated heterocycles. The molecule has 3 amide bonds. The average Bonchev–Trinajstić information content (AvgIpc) is 3.61. The van der Waals surface area contributed by atoms with E-state index in [9.17, 15) is 9.59 Å². The molecule has 3 aliphatic heterocycles. The lowest BCUT2D eigenvalue weighted by atomic mass is 9.87. The minimum atomic E-state index is -2.72. The maximum Gasteiger partial charge on any atom is 0.410 e. The SMILES string of the molecule is Cc1c[nH]c2ncc(-c3cc4c(c([C@@H]5COCCN5C(=O)OC(C)(C)C)c3)CN(C(=O)N3CCC(O[Si](c5ccccc5)(c5ccccc5)C(C)(C)C)CC3)CC4)cc12. The third-order valence-electron chi connectivity index (χ3n) is 12.3. The molecule has 8 rings (SSSR count). The van der Waals surface area contributed by atoms with Crippen molar-refractivity contribution in [2.75, 3.05) is 39.4 Å². The molecule has 1 N–H and O–H groups in total. The van der Waals surface area contributed by atoms with Gasteiger partial charge in [0.15, 0.2) is 0 Å². The summed E-state index contributed by atoms with van der Waals surface area (Å²) >= 11 is 0. The van der Waals surface area contributed by atoms with E-state index in [1.54, 1.807) is 0 Å². The molecule has 0 radical (unpaired) electrons. The Balaban J connectivity index is 1.06. The number of pyridine rings is 1. The molecule has 1 atom stereocenters. The van der Waals surface area contributed by atoms with Gasteiger partial charge in [-0.2, -0.15) is 0 Å². The van der Waals surface area contributed by atoms with Gasteiger partial charge in [0.2, 0.25) is 0 Å². The summed E-state index contributed by atoms with van der Waals surface area (Å²) in [4.78, 5) is 42.0. The van der Waals surface area contributed by atoms with Crippen LogP contribution in [-0.2, 0) is 26.9 Å². The van der Waals surface area contributed by atoms with Gasteiger partial charge in [0.1, 0.15) is 11.2 Å². The van der Waals surface area contributed by atoms with Crippen LogP contribution >= 0.6 is 0 Å². The fraction of sp³-hybridized carbons (Fsp3) is 0.438. The van der Waals surface area contributed by atoms with E-state index < -0.39 is 13.9 Å². The predicted octanol–water partition coefficient (Wildman–Crippen LogP) is 8.37. The minimum absolute atomic E-state index is 0.0337. The molecule has 310 valence electrons. The fourth-order valence-electron chi connectivity index (χ4n) is 9.32. The van der Waals surface area contributed by atoms with Gasteiger partial charge in [-0.25, -0.2) is 14.6 Å². The van der Waals surface area contributed by atoms with E-state index in [1.165, 1.54) is 15.9 Å². The standard InChI is InChI=1S/C48H59N5O5Si/c1-33-29-49-44-40(33)28-36(30-50-44)35-26-34-18-21-52(31-42(34)41(27-35)43-32-56-25-24-53(43)46(55)57-47(2,3)4)45(54)51-22-19-37(20-23-51)58-59(48(5,6)7,38-14-10-8-11-15-38)39-16-12-9-13-17-39/h8-17,26-30,37,43H,18-25,31-32H2,1-7H3,(H,49,50)/t43-/m0/s1. The van der Waals surface area contributed by atoms with Crippen LogP contribution in [0.15, 0.2) is 91.3 Å². The van der Waals surface area contributed by atoms with Crippen LogP contribution in [0.4, 0.5) is 9.59 Å². The van der Waals surface area contributed by atoms with Crippen molar-refractivity contribution in [3.8, 4) is 11.1 Å². The van der Waals surface area contributed by atoms with Gasteiger partial charge in [0.25, 0.3) is 8.32 Å². The second kappa shape index (κ2) is 16.2. The van der Waals surface area contributed by atoms with Gasteiger partial charge in [-0.15, -0.1) is 0 Å². The highest BCUT2D eigenvalue weighted by Crippen LogP contribution is 2.40. The molecule has 3 aromatic carbocycles. The zero-order valence-corrected chi connectivity index (χ0v) is 36.7. The number of aromatic amines is 1. The molecule has 0 unspecified atom stereocenters. The number of ether oxygens (including phenoxy) is 2. The van der Waals surface area contributed by atoms with E-state index in [-0.39, 0.29) is 29.3 Å². The molecule has 0 aliphatic carbocycles. The molecule has 5 heterocycles. The topological polar surface area (TPSA) is 100 Å². The lowest BCUT2D eigenvalue weighted by molar-refractivity contribution is -0.0334. The van der Waals surface area contributed by atoms with Crippen LogP contribution in [0.2, 0.25) is 5.04 Å². The molecule has 2 aromatic heterocycles. The summed E-state index contributed by atoms with van der Waals surface area (Å²) in [6, 6.07) is 27.9. The number of morpholine rings is 1. The highest BCUT2D eigenvalue weighted by Gasteiger charge is 2.52. The van der Waals surface area contributed by atoms with Crippen molar-refractivity contribution in [3.05, 3.63) is 114 Å². The van der Waals surface area contributed by atoms with E-state index >= 15 is 0 Å². The number of benzene rings is 3. The normalized spacial score (nSPS) is 18.2. The summed E-state index contributed by atoms with van der Waals surface area (Å²) in [5.74, 6) is 0. The summed E-state index contributed by atoms with van der Waals surface area (Å²) in [5, 5.41) is 3.51. The first-order chi connectivity index (χ1) is 28.2. The Bertz CT molecular complexity index is 2250. The van der Waals surface area contributed by atoms with Gasteiger partial charge in [0, 0.05) is 62.2 Å². The lowest BCUT2D eigenvalue weighted by Gasteiger charge is -2.47. The number of likely N-dealkylation sites (tertiary alicyclic amines) is 1. The van der Waals surface area contributed by atoms with Gasteiger partial charge in [-0.1, -0.05) is 87.5 Å². The zero-order valence-electron chi connectivity index (χ0n) is 35.7. The molecule has 59 heavy (non-hydrogen) atoms. The Morgan fingerprint density at radius 1 is 0.847 bits per heavy atom. The number of H-pyrrole nitrogens is 1. The summed E-state index contributed by atoms with van der Waals surface area (Å²) in [6.07, 6.45) is 5.82. The Hall–Kier alpha value is -4.97. The monoisotopic (exact) mass is 813 g/mol. The van der Waals surface area contributed by atoms with E-state index in [0.717, 1.165) is 51.7 Å². The third-order valence-corrected chi connectivity index (χ3v) is 17.4. The number of nitrogens with zero attached hydrogens (tertiary/aromatic N) is 4. The molecular weight excluding hydrogens is 755 g/mol. The molecule has 0 saturated carbocycles. The lowest BCUT2D eigenvalue weighted by Crippen LogP contribution is -2.68. The zero-order chi connectivity index (χ0) is 41.5. The molecule has 0 bridgehead atoms. The average molecular weight is 814 g/mol. The van der Waals surface area contributed by atoms with E-state index in [1.807, 2.05) is 47.9 Å². The van der Waals surface area contributed by atoms with Gasteiger partial charge >= 0.3 is 12.1 Å². The second-order valence-electron chi connectivity index (χ2n) is 18.5. The molecule has 0 spiro atoms. The van der Waals surface area contributed by atoms with Crippen molar-refractivity contribution in [3.63, 3.8) is 0 Å². The van der Waals surface area contributed by atoms with E-state index in [4.69, 9.17) is 18.9 Å². The first-order valence-corrected chi connectivity index (χ1v) is 23.1. The Morgan fingerprint density at radius 2 is 1.53 bits per heavy atom. The van der Waals surface area contributed by atoms with Crippen molar-refractivity contribution in [1.82, 2.24) is 24.7 Å². The first kappa shape index (κ1) is 40.8. The number of carbonyl (C=O) groups excluding carboxylic acids is 2. The number of nitrogens with one attached hydrogen (secondary N) is 1. The summed E-state index contributed by atoms with van der Waals surface area (Å²) in [5.41, 5.74) is 6.64. The smallest absolute Gasteiger partial charge is 0.410 e. The third kappa shape index (κ3) is 8.17. The molecule has 3 aliphatic rings. The van der Waals surface area contributed by atoms with Crippen LogP contribution in [0.1, 0.15) is 82.7 Å². The number of rotatable bonds is 6. The number of aromatic nitrogens is 2. The number of carbonyl (C=O) groups is 2. The van der Waals surface area contributed by atoms with Crippen LogP contribution in [0.25, 0.3) is 22.2 Å². The highest BCUT2D eigenvalue weighted by molar-refractivity contribution is 6.99. The Kier molecular flexibility index (Phi) is 11.2. The van der Waals surface area contributed by atoms with Crippen LogP contribution in [0.3, 0.4) is 0 Å². The van der Waals surface area contributed by atoms with E-state index in [2.05, 4.69) is 112 Å². The highest BCUT2D eigenvalue weighted by atomic mass is 28.4. The van der Waals surface area contributed by atoms with Crippen molar-refractivity contribution in [2.24, 2.45) is 0 Å². The largest absolute Gasteiger partial charge is 0.444 e. The number of amides is 3. The maximum atomic E-state index is 14.5. The summed E-state index contributed by atoms with van der Waals surface area (Å²) in [7, 11) is -2.72. The second-order valence-corrected chi connectivity index (χ2v) is 22.7. The molecule has 11 heteroatoms. The maximum absolute atomic E-state index is 14.5. The first-order valence-electron chi connectivity index (χ1n) is 21.2. The molecular formula is C48H59N5O5Si. The van der Waals surface area contributed by atoms with Crippen molar-refractivity contribution >= 4 is 41.8 Å². The van der Waals surface area contributed by atoms with Gasteiger partial charge in [-0.05, 0) is 102 Å². The fourth-order valence-corrected chi connectivity index (χ4v) is 14.1. The van der Waals surface area contributed by atoms with Crippen molar-refractivity contribution in [1.29, 1.82) is 0 Å². The minimum Gasteiger partial charge on any atom is -0.444 e. The number of urea groups is 1. The molecule has 5 aromatic rings. The van der Waals surface area contributed by atoms with Gasteiger partial charge < -0.3 is 28.7 Å². The Morgan fingerprint density at radius 3 is 2.17 bits per heavy atom. The van der Waals surface area contributed by atoms with Gasteiger partial charge in [-0.3, -0.25) is 4.90 Å². The summed E-state index contributed by atoms with van der Waals surface area (Å²) in [6.45, 7) is 18.2. The van der Waals surface area contributed by atoms with Crippen LogP contribution in [-0.4, -0.2) is 96.2 Å². The van der Waals surface area contributed by atoms with Gasteiger partial charge in [0.05, 0.1) is 19.3 Å². The summed E-state index contributed by atoms with van der Waals surface area (Å²) < 4.78 is 19.5. The predicted molar refractivity (Wildman–Crippen MR) is 236 cm³/mol. The van der Waals surface area contributed by atoms with Crippen molar-refractivity contribution in [2.45, 2.75) is 97.1 Å². The number of piperidine rings is 1. The molecule has 2 fully saturated rings. The quantitative estimate of drug-likeness (QED) is 0.173. The van der Waals surface area contributed by atoms with E-state index in [0.29, 0.717) is 52.4 Å². The number of hydrogen-bond acceptors (Lipinski definition) is 6. The van der Waals surface area contributed by atoms with Crippen LogP contribution < -0.4 is 10.4 Å². The van der Waals surface area contributed by atoms with Crippen LogP contribution in [0.5, 0.6) is 0 Å². The number of aryl methyl sites for hydroxylation is 1. The number of fused-ring (bicyclic) bond motifs is 2.